The Morgan fingerprint density at radius 1 is 0.622 bits per heavy atom. The van der Waals surface area contributed by atoms with E-state index in [1.165, 1.54) is 41.7 Å². The lowest BCUT2D eigenvalue weighted by Crippen LogP contribution is -2.61. The summed E-state index contributed by atoms with van der Waals surface area (Å²) in [5.41, 5.74) is 5.99. The second kappa shape index (κ2) is 36.6. The van der Waals surface area contributed by atoms with Crippen molar-refractivity contribution in [3.63, 3.8) is 0 Å². The van der Waals surface area contributed by atoms with Crippen molar-refractivity contribution in [2.75, 3.05) is 26.3 Å². The van der Waals surface area contributed by atoms with E-state index < -0.39 is 200 Å². The first-order chi connectivity index (χ1) is 42.4. The predicted molar refractivity (Wildman–Crippen MR) is 312 cm³/mol. The van der Waals surface area contributed by atoms with Crippen molar-refractivity contribution in [2.24, 2.45) is 17.6 Å². The lowest BCUT2D eigenvalue weighted by atomic mass is 9.98. The van der Waals surface area contributed by atoms with E-state index in [9.17, 15) is 92.3 Å². The Morgan fingerprint density at radius 3 is 1.64 bits per heavy atom. The zero-order chi connectivity index (χ0) is 67.5. The highest BCUT2D eigenvalue weighted by atomic mass is 16.4. The Hall–Kier alpha value is -9.60. The number of carboxylic acids is 2. The van der Waals surface area contributed by atoms with E-state index in [2.05, 4.69) is 63.1 Å². The number of aromatic amines is 1. The molecule has 18 N–H and O–H groups in total. The number of phenolic OH excluding ortho intramolecular Hbond substituents is 1. The second-order valence-electron chi connectivity index (χ2n) is 21.9. The highest BCUT2D eigenvalue weighted by molar-refractivity contribution is 6.38. The molecule has 0 spiro atoms. The number of nitrogens with zero attached hydrogens (tertiary/aromatic N) is 2. The van der Waals surface area contributed by atoms with Crippen LogP contribution in [0.4, 0.5) is 0 Å². The fraction of sp³-hybridized carbons (Fsp3) is 0.571. The van der Waals surface area contributed by atoms with Crippen LogP contribution in [0.5, 0.6) is 5.75 Å². The van der Waals surface area contributed by atoms with Gasteiger partial charge in [-0.15, -0.1) is 0 Å². The van der Waals surface area contributed by atoms with Gasteiger partial charge in [0.25, 0.3) is 5.91 Å². The molecule has 0 saturated carbocycles. The number of aliphatic carboxylic acids is 2. The molecule has 1 fully saturated rings. The minimum absolute atomic E-state index is 0.0115. The summed E-state index contributed by atoms with van der Waals surface area (Å²) in [6.07, 6.45) is 0.496. The minimum Gasteiger partial charge on any atom is -0.508 e. The summed E-state index contributed by atoms with van der Waals surface area (Å²) in [5.74, 6) is -17.1. The van der Waals surface area contributed by atoms with E-state index in [1.54, 1.807) is 34.6 Å². The number of phenols is 1. The summed E-state index contributed by atoms with van der Waals surface area (Å²) in [4.78, 5) is 205. The Balaban J connectivity index is 1.71. The molecule has 1 unspecified atom stereocenters. The third-order valence-corrected chi connectivity index (χ3v) is 14.1. The molecule has 10 atom stereocenters. The number of aromatic hydroxyl groups is 1. The molecule has 2 aromatic rings. The first-order valence-electron chi connectivity index (χ1n) is 28.9. The van der Waals surface area contributed by atoms with Gasteiger partial charge in [0.05, 0.1) is 32.1 Å². The van der Waals surface area contributed by atoms with Crippen molar-refractivity contribution in [3.05, 3.63) is 48.0 Å². The molecule has 34 heteroatoms. The van der Waals surface area contributed by atoms with E-state index in [0.717, 1.165) is 6.92 Å². The molecule has 0 bridgehead atoms. The van der Waals surface area contributed by atoms with Crippen molar-refractivity contribution in [3.8, 4) is 5.75 Å². The number of nitrogens with two attached hydrogens (primary N) is 1. The number of aliphatic hydroxyl groups excluding tert-OH is 2. The molecule has 1 aromatic heterocycles. The Bertz CT molecular complexity index is 2890. The van der Waals surface area contributed by atoms with Gasteiger partial charge in [0.1, 0.15) is 60.1 Å². The molecular formula is C56H82N14O20. The van der Waals surface area contributed by atoms with Gasteiger partial charge >= 0.3 is 11.9 Å². The number of aromatic nitrogens is 2. The number of benzene rings is 1. The average molecular weight is 1270 g/mol. The minimum atomic E-state index is -1.79. The molecule has 0 radical (unpaired) electrons. The van der Waals surface area contributed by atoms with Gasteiger partial charge in [-0.05, 0) is 61.6 Å². The van der Waals surface area contributed by atoms with Crippen LogP contribution in [-0.2, 0) is 84.8 Å². The fourth-order valence-electron chi connectivity index (χ4n) is 9.22. The van der Waals surface area contributed by atoms with Crippen LogP contribution < -0.4 is 58.9 Å². The Labute approximate surface area is 516 Å². The summed E-state index contributed by atoms with van der Waals surface area (Å²) < 4.78 is 0. The number of rotatable bonds is 38. The molecule has 90 heavy (non-hydrogen) atoms. The number of Topliss-reactive ketones (excluding diaryl/α,β-unsaturated/α-hetero) is 1. The van der Waals surface area contributed by atoms with Crippen LogP contribution in [0.25, 0.3) is 0 Å². The number of aliphatic hydroxyl groups is 2. The van der Waals surface area contributed by atoms with Gasteiger partial charge in [-0.25, -0.2) is 4.98 Å². The standard InChI is InChI=1S/C56H82N14O20/c1-7-9-33(63-53(87)40-10-8-19-70(40)56(90)45(28(4)5)69-54(88)44(27(2)3)68-49(83)35(16-18-43(78)79)64-48(82)34(61-29(6)73)15-17-42(76)77)46(80)55(89)59-23-41(75)62-39(25-72)52(86)66-37(21-31-22-58-26-60-31)51(85)65-36(20-30-11-13-32(74)14-12-30)50(84)67-38(24-71)47(57)81/h11-14,22,26-28,33-40,44-45,71-72,74H,7-10,15-21,23-25H2,1-6H3,(H2,57,81)(H,58,60)(H,59,89)(H,61,73)(H,62,75)(H,63,87)(H,64,82)(H,65,85)(H,66,86)(H,67,84)(H,68,83)(H,69,88)(H,76,77)(H,78,79)/t33-,34-,35-,36-,37+,38-,39-,40?,44-,45-/m0/s1. The third kappa shape index (κ3) is 24.2. The van der Waals surface area contributed by atoms with Crippen LogP contribution in [0.3, 0.4) is 0 Å². The van der Waals surface area contributed by atoms with E-state index in [-0.39, 0.29) is 57.2 Å². The lowest BCUT2D eigenvalue weighted by molar-refractivity contribution is -0.144. The summed E-state index contributed by atoms with van der Waals surface area (Å²) in [6.45, 7) is 6.09. The van der Waals surface area contributed by atoms with Crippen LogP contribution in [0.1, 0.15) is 104 Å². The van der Waals surface area contributed by atoms with Gasteiger partial charge in [0, 0.05) is 51.0 Å². The number of carbonyl (C=O) groups is 15. The largest absolute Gasteiger partial charge is 0.508 e. The van der Waals surface area contributed by atoms with Crippen LogP contribution >= 0.6 is 0 Å². The number of hydrogen-bond donors (Lipinski definition) is 17. The number of primary amides is 1. The first kappa shape index (κ1) is 74.7. The van der Waals surface area contributed by atoms with E-state index in [4.69, 9.17) is 10.8 Å². The number of carbonyl (C=O) groups excluding carboxylic acids is 13. The van der Waals surface area contributed by atoms with Crippen molar-refractivity contribution >= 4 is 88.6 Å². The number of nitrogens with one attached hydrogen (secondary N) is 11. The predicted octanol–water partition coefficient (Wildman–Crippen LogP) is -5.73. The molecule has 34 nitrogen and oxygen atoms in total. The Kier molecular flexibility index (Phi) is 30.4. The smallest absolute Gasteiger partial charge is 0.303 e. The van der Waals surface area contributed by atoms with Crippen LogP contribution in [-0.4, -0.2) is 216 Å². The number of H-pyrrole nitrogens is 1. The van der Waals surface area contributed by atoms with Crippen LogP contribution in [0.15, 0.2) is 36.8 Å². The molecule has 3 rings (SSSR count). The van der Waals surface area contributed by atoms with Gasteiger partial charge < -0.3 is 94.3 Å². The molecule has 1 aliphatic heterocycles. The van der Waals surface area contributed by atoms with Crippen LogP contribution in [0, 0.1) is 11.8 Å². The summed E-state index contributed by atoms with van der Waals surface area (Å²) >= 11 is 0. The summed E-state index contributed by atoms with van der Waals surface area (Å²) in [6, 6.07) is -9.38. The first-order valence-corrected chi connectivity index (χ1v) is 28.9. The molecule has 12 amide bonds. The number of hydrogen-bond acceptors (Lipinski definition) is 19. The molecular weight excluding hydrogens is 1190 g/mol. The topological polar surface area (TPSA) is 535 Å². The quantitative estimate of drug-likeness (QED) is 0.0279. The normalized spacial score (nSPS) is 15.8. The van der Waals surface area contributed by atoms with E-state index >= 15 is 0 Å². The van der Waals surface area contributed by atoms with E-state index in [0.29, 0.717) is 11.3 Å². The SMILES string of the molecule is CCC[C@H](NC(=O)C1CCCN1C(=O)[C@@H](NC(=O)[C@@H](NC(=O)[C@H](CCC(=O)O)NC(=O)[C@H](CCC(=O)O)NC(C)=O)C(C)C)C(C)C)C(=O)C(=O)NCC(=O)N[C@@H](CO)C(=O)N[C@H](Cc1cnc[nH]1)C(=O)N[C@@H](Cc1ccc(O)cc1)C(=O)N[C@@H](CO)C(N)=O. The molecule has 1 aromatic carbocycles. The zero-order valence-corrected chi connectivity index (χ0v) is 50.6. The number of ketones is 1. The summed E-state index contributed by atoms with van der Waals surface area (Å²) in [7, 11) is 0. The van der Waals surface area contributed by atoms with Crippen molar-refractivity contribution in [1.29, 1.82) is 0 Å². The maximum Gasteiger partial charge on any atom is 0.303 e. The summed E-state index contributed by atoms with van der Waals surface area (Å²) in [5, 5.41) is 71.8. The zero-order valence-electron chi connectivity index (χ0n) is 50.6. The van der Waals surface area contributed by atoms with Crippen molar-refractivity contribution < 1.29 is 97.5 Å². The Morgan fingerprint density at radius 2 is 1.13 bits per heavy atom. The maximum atomic E-state index is 14.3. The highest BCUT2D eigenvalue weighted by Crippen LogP contribution is 2.22. The van der Waals surface area contributed by atoms with E-state index in [1.807, 2.05) is 0 Å². The monoisotopic (exact) mass is 1270 g/mol. The molecule has 2 heterocycles. The van der Waals surface area contributed by atoms with Gasteiger partial charge in [-0.3, -0.25) is 71.9 Å². The lowest BCUT2D eigenvalue weighted by Gasteiger charge is -2.33. The highest BCUT2D eigenvalue weighted by Gasteiger charge is 2.42. The number of likely N-dealkylation sites (tertiary alicyclic amines) is 1. The average Bonchev–Trinajstić information content (AvgIpc) is 2.23. The molecule has 0 aliphatic carbocycles. The van der Waals surface area contributed by atoms with Gasteiger partial charge in [-0.2, -0.15) is 0 Å². The van der Waals surface area contributed by atoms with Gasteiger partial charge in [0.15, 0.2) is 0 Å². The number of amides is 12. The number of imidazole rings is 1. The van der Waals surface area contributed by atoms with Crippen molar-refractivity contribution in [1.82, 2.24) is 68.0 Å². The number of carboxylic acid groups (broad SMARTS) is 2. The maximum absolute atomic E-state index is 14.3. The molecule has 496 valence electrons. The van der Waals surface area contributed by atoms with Gasteiger partial charge in [-0.1, -0.05) is 53.2 Å². The second-order valence-corrected chi connectivity index (χ2v) is 21.9. The molecule has 1 saturated heterocycles. The van der Waals surface area contributed by atoms with Crippen molar-refractivity contribution in [2.45, 2.75) is 166 Å². The fourth-order valence-corrected chi connectivity index (χ4v) is 9.22. The molecule has 1 aliphatic rings. The van der Waals surface area contributed by atoms with Crippen LogP contribution in [0.2, 0.25) is 0 Å². The third-order valence-electron chi connectivity index (χ3n) is 14.1. The van der Waals surface area contributed by atoms with Gasteiger partial charge in [0.2, 0.25) is 70.8 Å².